The van der Waals surface area contributed by atoms with Crippen molar-refractivity contribution >= 4 is 41.5 Å². The van der Waals surface area contributed by atoms with Crippen LogP contribution in [0.4, 0.5) is 0 Å². The molecule has 1 aromatic carbocycles. The highest BCUT2D eigenvalue weighted by Gasteiger charge is 2.34. The fourth-order valence-corrected chi connectivity index (χ4v) is 3.39. The zero-order valence-corrected chi connectivity index (χ0v) is 19.6. The van der Waals surface area contributed by atoms with E-state index in [1.54, 1.807) is 0 Å². The topological polar surface area (TPSA) is 65.9 Å². The van der Waals surface area contributed by atoms with Gasteiger partial charge in [-0.25, -0.2) is 0 Å². The van der Waals surface area contributed by atoms with Crippen LogP contribution in [0.2, 0.25) is 5.02 Å². The van der Waals surface area contributed by atoms with Crippen LogP contribution in [-0.4, -0.2) is 50.5 Å². The van der Waals surface area contributed by atoms with Crippen molar-refractivity contribution in [3.05, 3.63) is 34.9 Å². The SMILES string of the molecule is CCNC(=NCC(C)(C)c1cccc(Cl)c1)NCC1(CCO)CCOC1.I. The summed E-state index contributed by atoms with van der Waals surface area (Å²) in [4.78, 5) is 4.79. The maximum Gasteiger partial charge on any atom is 0.191 e. The fourth-order valence-electron chi connectivity index (χ4n) is 3.20. The van der Waals surface area contributed by atoms with E-state index in [0.717, 1.165) is 43.5 Å². The molecule has 0 aliphatic carbocycles. The lowest BCUT2D eigenvalue weighted by atomic mass is 9.84. The number of rotatable bonds is 8. The van der Waals surface area contributed by atoms with Crippen molar-refractivity contribution in [2.75, 3.05) is 39.5 Å². The predicted octanol–water partition coefficient (Wildman–Crippen LogP) is 3.58. The van der Waals surface area contributed by atoms with Gasteiger partial charge in [-0.2, -0.15) is 0 Å². The third-order valence-electron chi connectivity index (χ3n) is 5.04. The number of aliphatic hydroxyl groups excluding tert-OH is 1. The number of nitrogens with zero attached hydrogens (tertiary/aromatic N) is 1. The molecule has 2 rings (SSSR count). The third kappa shape index (κ3) is 7.40. The minimum absolute atomic E-state index is 0. The number of hydrogen-bond donors (Lipinski definition) is 3. The van der Waals surface area contributed by atoms with Gasteiger partial charge in [-0.15, -0.1) is 24.0 Å². The lowest BCUT2D eigenvalue weighted by Crippen LogP contribution is -2.45. The number of halogens is 2. The van der Waals surface area contributed by atoms with Crippen molar-refractivity contribution in [1.29, 1.82) is 0 Å². The molecule has 27 heavy (non-hydrogen) atoms. The second-order valence-corrected chi connectivity index (χ2v) is 8.16. The smallest absolute Gasteiger partial charge is 0.191 e. The first-order chi connectivity index (χ1) is 12.4. The molecule has 3 N–H and O–H groups in total. The van der Waals surface area contributed by atoms with Gasteiger partial charge in [0.15, 0.2) is 5.96 Å². The number of benzene rings is 1. The van der Waals surface area contributed by atoms with Crippen LogP contribution in [0.5, 0.6) is 0 Å². The number of guanidine groups is 1. The first kappa shape index (κ1) is 24.5. The first-order valence-electron chi connectivity index (χ1n) is 9.38. The molecule has 1 fully saturated rings. The summed E-state index contributed by atoms with van der Waals surface area (Å²) >= 11 is 6.14. The standard InChI is InChI=1S/C20H32ClN3O2.HI/c1-4-22-18(24-14-20(8-10-25)9-11-26-15-20)23-13-19(2,3)16-6-5-7-17(21)12-16;/h5-7,12,25H,4,8-11,13-15H2,1-3H3,(H2,22,23,24);1H. The Hall–Kier alpha value is -0.570. The van der Waals surface area contributed by atoms with Crippen molar-refractivity contribution < 1.29 is 9.84 Å². The molecule has 5 nitrogen and oxygen atoms in total. The van der Waals surface area contributed by atoms with Gasteiger partial charge in [0, 0.05) is 42.2 Å². The molecule has 0 amide bonds. The fraction of sp³-hybridized carbons (Fsp3) is 0.650. The third-order valence-corrected chi connectivity index (χ3v) is 5.28. The van der Waals surface area contributed by atoms with Gasteiger partial charge in [-0.3, -0.25) is 4.99 Å². The van der Waals surface area contributed by atoms with Gasteiger partial charge in [-0.1, -0.05) is 37.6 Å². The molecule has 7 heteroatoms. The normalized spacial score (nSPS) is 20.3. The van der Waals surface area contributed by atoms with E-state index in [9.17, 15) is 5.11 Å². The zero-order valence-electron chi connectivity index (χ0n) is 16.6. The van der Waals surface area contributed by atoms with E-state index in [1.807, 2.05) is 18.2 Å². The summed E-state index contributed by atoms with van der Waals surface area (Å²) in [6.45, 7) is 10.2. The molecule has 0 spiro atoms. The largest absolute Gasteiger partial charge is 0.396 e. The molecule has 1 aliphatic rings. The van der Waals surface area contributed by atoms with Gasteiger partial charge in [0.05, 0.1) is 13.2 Å². The Morgan fingerprint density at radius 1 is 1.37 bits per heavy atom. The Morgan fingerprint density at radius 3 is 2.74 bits per heavy atom. The van der Waals surface area contributed by atoms with Gasteiger partial charge in [-0.05, 0) is 37.5 Å². The summed E-state index contributed by atoms with van der Waals surface area (Å²) in [5.74, 6) is 0.798. The van der Waals surface area contributed by atoms with Crippen LogP contribution in [0.15, 0.2) is 29.3 Å². The Morgan fingerprint density at radius 2 is 2.15 bits per heavy atom. The maximum absolute atomic E-state index is 9.38. The van der Waals surface area contributed by atoms with E-state index < -0.39 is 0 Å². The van der Waals surface area contributed by atoms with Crippen LogP contribution >= 0.6 is 35.6 Å². The van der Waals surface area contributed by atoms with Crippen LogP contribution in [0.3, 0.4) is 0 Å². The van der Waals surface area contributed by atoms with Crippen LogP contribution in [0.25, 0.3) is 0 Å². The molecular weight excluding hydrogens is 477 g/mol. The molecule has 1 aliphatic heterocycles. The Bertz CT molecular complexity index is 605. The van der Waals surface area contributed by atoms with E-state index >= 15 is 0 Å². The number of nitrogens with one attached hydrogen (secondary N) is 2. The molecular formula is C20H33ClIN3O2. The van der Waals surface area contributed by atoms with Crippen LogP contribution in [0, 0.1) is 5.41 Å². The minimum Gasteiger partial charge on any atom is -0.396 e. The van der Waals surface area contributed by atoms with Gasteiger partial charge in [0.25, 0.3) is 0 Å². The molecule has 1 unspecified atom stereocenters. The van der Waals surface area contributed by atoms with E-state index in [-0.39, 0.29) is 41.4 Å². The molecule has 0 bridgehead atoms. The highest BCUT2D eigenvalue weighted by molar-refractivity contribution is 14.0. The highest BCUT2D eigenvalue weighted by atomic mass is 127. The quantitative estimate of drug-likeness (QED) is 0.285. The summed E-state index contributed by atoms with van der Waals surface area (Å²) in [5, 5.41) is 16.9. The molecule has 1 atom stereocenters. The predicted molar refractivity (Wildman–Crippen MR) is 123 cm³/mol. The van der Waals surface area contributed by atoms with Gasteiger partial charge in [0.2, 0.25) is 0 Å². The lowest BCUT2D eigenvalue weighted by Gasteiger charge is -2.28. The molecule has 154 valence electrons. The average molecular weight is 510 g/mol. The van der Waals surface area contributed by atoms with Gasteiger partial charge < -0.3 is 20.5 Å². The summed E-state index contributed by atoms with van der Waals surface area (Å²) < 4.78 is 5.56. The van der Waals surface area contributed by atoms with Crippen LogP contribution in [0.1, 0.15) is 39.2 Å². The second kappa shape index (κ2) is 11.4. The summed E-state index contributed by atoms with van der Waals surface area (Å²) in [6, 6.07) is 7.96. The van der Waals surface area contributed by atoms with E-state index in [0.29, 0.717) is 13.2 Å². The molecule has 1 heterocycles. The van der Waals surface area contributed by atoms with Crippen molar-refractivity contribution in [3.63, 3.8) is 0 Å². The van der Waals surface area contributed by atoms with E-state index in [1.165, 1.54) is 5.56 Å². The van der Waals surface area contributed by atoms with Crippen molar-refractivity contribution in [3.8, 4) is 0 Å². The minimum atomic E-state index is -0.119. The lowest BCUT2D eigenvalue weighted by molar-refractivity contribution is 0.127. The van der Waals surface area contributed by atoms with Crippen molar-refractivity contribution in [1.82, 2.24) is 10.6 Å². The second-order valence-electron chi connectivity index (χ2n) is 7.72. The maximum atomic E-state index is 9.38. The molecule has 0 aromatic heterocycles. The molecule has 0 radical (unpaired) electrons. The van der Waals surface area contributed by atoms with E-state index in [4.69, 9.17) is 21.3 Å². The van der Waals surface area contributed by atoms with Crippen molar-refractivity contribution in [2.45, 2.75) is 39.0 Å². The number of hydrogen-bond acceptors (Lipinski definition) is 3. The summed E-state index contributed by atoms with van der Waals surface area (Å²) in [7, 11) is 0. The first-order valence-corrected chi connectivity index (χ1v) is 9.75. The monoisotopic (exact) mass is 509 g/mol. The number of aliphatic hydroxyl groups is 1. The molecule has 1 saturated heterocycles. The summed E-state index contributed by atoms with van der Waals surface area (Å²) in [5.41, 5.74) is 1.05. The molecule has 0 saturated carbocycles. The Balaban J connectivity index is 0.00000364. The van der Waals surface area contributed by atoms with Gasteiger partial charge in [0.1, 0.15) is 0 Å². The summed E-state index contributed by atoms with van der Waals surface area (Å²) in [6.07, 6.45) is 1.71. The Labute approximate surface area is 185 Å². The van der Waals surface area contributed by atoms with Crippen molar-refractivity contribution in [2.24, 2.45) is 10.4 Å². The van der Waals surface area contributed by atoms with Crippen LogP contribution < -0.4 is 10.6 Å². The average Bonchev–Trinajstić information content (AvgIpc) is 3.07. The van der Waals surface area contributed by atoms with Crippen LogP contribution in [-0.2, 0) is 10.2 Å². The zero-order chi connectivity index (χ0) is 19.0. The van der Waals surface area contributed by atoms with E-state index in [2.05, 4.69) is 37.5 Å². The Kier molecular flexibility index (Phi) is 10.4. The highest BCUT2D eigenvalue weighted by Crippen LogP contribution is 2.31. The number of ether oxygens (including phenoxy) is 1. The molecule has 1 aromatic rings. The van der Waals surface area contributed by atoms with Gasteiger partial charge >= 0.3 is 0 Å². The number of aliphatic imine (C=N–C) groups is 1.